The normalized spacial score (nSPS) is 14.6. The highest BCUT2D eigenvalue weighted by Gasteiger charge is 2.22. The summed E-state index contributed by atoms with van der Waals surface area (Å²) in [6.45, 7) is 0. The molecule has 3 heteroatoms. The highest BCUT2D eigenvalue weighted by Crippen LogP contribution is 2.33. The Kier molecular flexibility index (Phi) is 4.14. The summed E-state index contributed by atoms with van der Waals surface area (Å²) in [5.41, 5.74) is 5.14. The SMILES string of the molecule is Cn1c(C(CCC(=O)O)c2ccccc2)cc2c1CC=CC2. The van der Waals surface area contributed by atoms with Crippen molar-refractivity contribution in [2.45, 2.75) is 31.6 Å². The lowest BCUT2D eigenvalue weighted by molar-refractivity contribution is -0.137. The first kappa shape index (κ1) is 14.6. The number of aliphatic carboxylic acids is 1. The van der Waals surface area contributed by atoms with Crippen molar-refractivity contribution in [3.63, 3.8) is 0 Å². The first-order chi connectivity index (χ1) is 10.7. The molecule has 1 N–H and O–H groups in total. The Bertz CT molecular complexity index is 698. The molecule has 0 saturated carbocycles. The molecular weight excluding hydrogens is 274 g/mol. The van der Waals surface area contributed by atoms with Crippen molar-refractivity contribution < 1.29 is 9.90 Å². The average Bonchev–Trinajstić information content (AvgIpc) is 2.86. The summed E-state index contributed by atoms with van der Waals surface area (Å²) in [6, 6.07) is 12.5. The number of aromatic nitrogens is 1. The molecule has 3 rings (SSSR count). The van der Waals surface area contributed by atoms with E-state index < -0.39 is 5.97 Å². The molecule has 1 aliphatic rings. The molecule has 0 aliphatic heterocycles. The number of benzene rings is 1. The fourth-order valence-electron chi connectivity index (χ4n) is 3.35. The van der Waals surface area contributed by atoms with E-state index >= 15 is 0 Å². The van der Waals surface area contributed by atoms with E-state index in [0.29, 0.717) is 6.42 Å². The highest BCUT2D eigenvalue weighted by atomic mass is 16.4. The van der Waals surface area contributed by atoms with Crippen molar-refractivity contribution in [1.29, 1.82) is 0 Å². The van der Waals surface area contributed by atoms with E-state index in [2.05, 4.69) is 42.0 Å². The molecule has 0 amide bonds. The van der Waals surface area contributed by atoms with Crippen LogP contribution in [0.15, 0.2) is 48.6 Å². The van der Waals surface area contributed by atoms with Gasteiger partial charge >= 0.3 is 5.97 Å². The molecule has 0 radical (unpaired) electrons. The Morgan fingerprint density at radius 3 is 2.64 bits per heavy atom. The Balaban J connectivity index is 1.99. The molecule has 1 heterocycles. The lowest BCUT2D eigenvalue weighted by Gasteiger charge is -2.19. The van der Waals surface area contributed by atoms with E-state index in [-0.39, 0.29) is 12.3 Å². The van der Waals surface area contributed by atoms with Crippen molar-refractivity contribution in [3.8, 4) is 0 Å². The summed E-state index contributed by atoms with van der Waals surface area (Å²) in [6.07, 6.45) is 7.18. The minimum Gasteiger partial charge on any atom is -0.481 e. The second kappa shape index (κ2) is 6.22. The van der Waals surface area contributed by atoms with Gasteiger partial charge in [0, 0.05) is 37.2 Å². The maximum absolute atomic E-state index is 11.0. The van der Waals surface area contributed by atoms with Gasteiger partial charge in [-0.3, -0.25) is 4.79 Å². The molecule has 0 saturated heterocycles. The molecular formula is C19H21NO2. The van der Waals surface area contributed by atoms with Gasteiger partial charge in [0.1, 0.15) is 0 Å². The number of hydrogen-bond acceptors (Lipinski definition) is 1. The summed E-state index contributed by atoms with van der Waals surface area (Å²) in [7, 11) is 2.10. The van der Waals surface area contributed by atoms with Crippen molar-refractivity contribution >= 4 is 5.97 Å². The number of carboxylic acid groups (broad SMARTS) is 1. The van der Waals surface area contributed by atoms with Crippen LogP contribution in [0.25, 0.3) is 0 Å². The van der Waals surface area contributed by atoms with E-state index in [1.54, 1.807) is 0 Å². The van der Waals surface area contributed by atoms with Crippen LogP contribution in [0.2, 0.25) is 0 Å². The third-order valence-electron chi connectivity index (χ3n) is 4.51. The van der Waals surface area contributed by atoms with Crippen molar-refractivity contribution in [2.24, 2.45) is 7.05 Å². The van der Waals surface area contributed by atoms with Gasteiger partial charge in [0.2, 0.25) is 0 Å². The highest BCUT2D eigenvalue weighted by molar-refractivity contribution is 5.66. The molecule has 0 spiro atoms. The number of carbonyl (C=O) groups is 1. The number of rotatable bonds is 5. The Morgan fingerprint density at radius 2 is 1.95 bits per heavy atom. The van der Waals surface area contributed by atoms with Crippen LogP contribution < -0.4 is 0 Å². The quantitative estimate of drug-likeness (QED) is 0.855. The zero-order valence-electron chi connectivity index (χ0n) is 12.8. The van der Waals surface area contributed by atoms with Crippen molar-refractivity contribution in [3.05, 3.63) is 71.1 Å². The van der Waals surface area contributed by atoms with Crippen LogP contribution in [0.3, 0.4) is 0 Å². The lowest BCUT2D eigenvalue weighted by Crippen LogP contribution is -2.10. The minimum absolute atomic E-state index is 0.132. The second-order valence-electron chi connectivity index (χ2n) is 5.88. The predicted molar refractivity (Wildman–Crippen MR) is 87.1 cm³/mol. The summed E-state index contributed by atoms with van der Waals surface area (Å²) < 4.78 is 2.26. The fraction of sp³-hybridized carbons (Fsp3) is 0.316. The fourth-order valence-corrected chi connectivity index (χ4v) is 3.35. The van der Waals surface area contributed by atoms with E-state index in [1.165, 1.54) is 22.5 Å². The number of allylic oxidation sites excluding steroid dienone is 2. The van der Waals surface area contributed by atoms with Gasteiger partial charge in [-0.1, -0.05) is 42.5 Å². The molecule has 2 aromatic rings. The molecule has 1 atom stereocenters. The molecule has 114 valence electrons. The molecule has 1 aliphatic carbocycles. The van der Waals surface area contributed by atoms with Crippen LogP contribution in [0.5, 0.6) is 0 Å². The summed E-state index contributed by atoms with van der Waals surface area (Å²) in [5.74, 6) is -0.602. The van der Waals surface area contributed by atoms with E-state index in [0.717, 1.165) is 12.8 Å². The van der Waals surface area contributed by atoms with E-state index in [9.17, 15) is 4.79 Å². The standard InChI is InChI=1S/C19H21NO2/c1-20-17-10-6-5-9-15(17)13-18(20)16(11-12-19(21)22)14-7-3-2-4-8-14/h2-8,13,16H,9-12H2,1H3,(H,21,22). The second-order valence-corrected chi connectivity index (χ2v) is 5.88. The zero-order valence-corrected chi connectivity index (χ0v) is 12.8. The minimum atomic E-state index is -0.735. The third-order valence-corrected chi connectivity index (χ3v) is 4.51. The summed E-state index contributed by atoms with van der Waals surface area (Å²) in [4.78, 5) is 11.0. The van der Waals surface area contributed by atoms with E-state index in [4.69, 9.17) is 5.11 Å². The molecule has 3 nitrogen and oxygen atoms in total. The van der Waals surface area contributed by atoms with E-state index in [1.807, 2.05) is 18.2 Å². The maximum Gasteiger partial charge on any atom is 0.303 e. The van der Waals surface area contributed by atoms with Crippen LogP contribution in [0, 0.1) is 0 Å². The number of fused-ring (bicyclic) bond motifs is 1. The van der Waals surface area contributed by atoms with Gasteiger partial charge in [0.05, 0.1) is 0 Å². The number of hydrogen-bond donors (Lipinski definition) is 1. The van der Waals surface area contributed by atoms with Crippen LogP contribution in [-0.4, -0.2) is 15.6 Å². The monoisotopic (exact) mass is 295 g/mol. The Hall–Kier alpha value is -2.29. The topological polar surface area (TPSA) is 42.2 Å². The molecule has 1 unspecified atom stereocenters. The summed E-state index contributed by atoms with van der Waals surface area (Å²) in [5, 5.41) is 9.07. The molecule has 0 fully saturated rings. The average molecular weight is 295 g/mol. The molecule has 0 bridgehead atoms. The van der Waals surface area contributed by atoms with Gasteiger partial charge in [-0.15, -0.1) is 0 Å². The number of nitrogens with zero attached hydrogens (tertiary/aromatic N) is 1. The zero-order chi connectivity index (χ0) is 15.5. The largest absolute Gasteiger partial charge is 0.481 e. The van der Waals surface area contributed by atoms with Gasteiger partial charge in [-0.05, 0) is 30.0 Å². The van der Waals surface area contributed by atoms with Crippen LogP contribution in [-0.2, 0) is 24.7 Å². The molecule has 1 aromatic carbocycles. The van der Waals surface area contributed by atoms with Gasteiger partial charge in [0.15, 0.2) is 0 Å². The lowest BCUT2D eigenvalue weighted by atomic mass is 9.90. The van der Waals surface area contributed by atoms with Crippen molar-refractivity contribution in [2.75, 3.05) is 0 Å². The Morgan fingerprint density at radius 1 is 1.23 bits per heavy atom. The van der Waals surface area contributed by atoms with Gasteiger partial charge in [-0.2, -0.15) is 0 Å². The first-order valence-corrected chi connectivity index (χ1v) is 7.76. The van der Waals surface area contributed by atoms with Crippen LogP contribution in [0.4, 0.5) is 0 Å². The van der Waals surface area contributed by atoms with Gasteiger partial charge in [-0.25, -0.2) is 0 Å². The number of carboxylic acids is 1. The van der Waals surface area contributed by atoms with Gasteiger partial charge in [0.25, 0.3) is 0 Å². The molecule has 1 aromatic heterocycles. The summed E-state index contributed by atoms with van der Waals surface area (Å²) >= 11 is 0. The third kappa shape index (κ3) is 2.84. The van der Waals surface area contributed by atoms with Crippen LogP contribution >= 0.6 is 0 Å². The smallest absolute Gasteiger partial charge is 0.303 e. The maximum atomic E-state index is 11.0. The van der Waals surface area contributed by atoms with Gasteiger partial charge < -0.3 is 9.67 Å². The van der Waals surface area contributed by atoms with Crippen LogP contribution in [0.1, 0.15) is 41.3 Å². The first-order valence-electron chi connectivity index (χ1n) is 7.76. The predicted octanol–water partition coefficient (Wildman–Crippen LogP) is 3.68. The Labute approximate surface area is 130 Å². The molecule has 22 heavy (non-hydrogen) atoms. The van der Waals surface area contributed by atoms with Crippen molar-refractivity contribution in [1.82, 2.24) is 4.57 Å².